The van der Waals surface area contributed by atoms with Gasteiger partial charge in [0.25, 0.3) is 0 Å². The third-order valence-electron chi connectivity index (χ3n) is 4.76. The van der Waals surface area contributed by atoms with Crippen LogP contribution in [-0.4, -0.2) is 32.7 Å². The second-order valence-electron chi connectivity index (χ2n) is 11.8. The number of carbonyl (C=O) groups is 3. The van der Waals surface area contributed by atoms with Crippen LogP contribution in [0.3, 0.4) is 0 Å². The van der Waals surface area contributed by atoms with E-state index in [1.165, 1.54) is 0 Å². The molecule has 9 nitrogen and oxygen atoms in total. The van der Waals surface area contributed by atoms with E-state index in [1.54, 1.807) is 36.8 Å². The number of hydrogen-bond acceptors (Lipinski definition) is 6. The third kappa shape index (κ3) is 13.8. The van der Waals surface area contributed by atoms with Gasteiger partial charge in [-0.25, -0.2) is 15.0 Å². The highest BCUT2D eigenvalue weighted by Crippen LogP contribution is 2.17. The highest BCUT2D eigenvalue weighted by Gasteiger charge is 2.22. The lowest BCUT2D eigenvalue weighted by Gasteiger charge is -2.16. The lowest BCUT2D eigenvalue weighted by molar-refractivity contribution is -0.123. The van der Waals surface area contributed by atoms with Crippen molar-refractivity contribution in [2.24, 2.45) is 16.2 Å². The topological polar surface area (TPSA) is 126 Å². The molecule has 3 aromatic rings. The molecule has 3 rings (SSSR count). The van der Waals surface area contributed by atoms with Crippen molar-refractivity contribution >= 4 is 35.2 Å². The van der Waals surface area contributed by atoms with Crippen molar-refractivity contribution in [2.45, 2.75) is 62.3 Å². The summed E-state index contributed by atoms with van der Waals surface area (Å²) in [6.07, 6.45) is 4.95. The fraction of sp³-hybridized carbons (Fsp3) is 0.400. The number of amides is 3. The summed E-state index contributed by atoms with van der Waals surface area (Å²) in [5.74, 6) is 1.73. The first-order valence-electron chi connectivity index (χ1n) is 12.7. The van der Waals surface area contributed by atoms with Gasteiger partial charge in [-0.3, -0.25) is 14.4 Å². The number of anilines is 3. The van der Waals surface area contributed by atoms with Gasteiger partial charge >= 0.3 is 0 Å². The Kier molecular flexibility index (Phi) is 12.4. The van der Waals surface area contributed by atoms with Crippen molar-refractivity contribution in [3.05, 3.63) is 73.2 Å². The van der Waals surface area contributed by atoms with Gasteiger partial charge in [-0.1, -0.05) is 80.5 Å². The van der Waals surface area contributed by atoms with Crippen molar-refractivity contribution in [3.63, 3.8) is 0 Å². The minimum absolute atomic E-state index is 0.0220. The molecule has 3 N–H and O–H groups in total. The molecule has 3 heterocycles. The van der Waals surface area contributed by atoms with E-state index in [2.05, 4.69) is 30.9 Å². The lowest BCUT2D eigenvalue weighted by Crippen LogP contribution is -2.27. The SMILES string of the molecule is CC(C)(C)C(=O)Nc1ccccn1.CC(C)(C)C(=O)Nc1ccccn1.CC(C)(C)C(=O)Nc1ccccn1. The highest BCUT2D eigenvalue weighted by atomic mass is 16.2. The first-order valence-corrected chi connectivity index (χ1v) is 12.7. The Bertz CT molecular complexity index is 1010. The molecule has 0 fully saturated rings. The van der Waals surface area contributed by atoms with E-state index < -0.39 is 0 Å². The molecular formula is C30H42N6O3. The summed E-state index contributed by atoms with van der Waals surface area (Å²) in [6.45, 7) is 16.8. The summed E-state index contributed by atoms with van der Waals surface area (Å²) < 4.78 is 0. The van der Waals surface area contributed by atoms with Crippen LogP contribution < -0.4 is 16.0 Å². The summed E-state index contributed by atoms with van der Waals surface area (Å²) in [4.78, 5) is 46.4. The molecule has 9 heteroatoms. The van der Waals surface area contributed by atoms with Gasteiger partial charge in [-0.05, 0) is 36.4 Å². The maximum atomic E-state index is 11.5. The quantitative estimate of drug-likeness (QED) is 0.367. The van der Waals surface area contributed by atoms with E-state index in [-0.39, 0.29) is 34.0 Å². The van der Waals surface area contributed by atoms with Crippen LogP contribution in [0.15, 0.2) is 73.2 Å². The summed E-state index contributed by atoms with van der Waals surface area (Å²) in [7, 11) is 0. The van der Waals surface area contributed by atoms with E-state index in [0.717, 1.165) is 0 Å². The molecule has 0 bridgehead atoms. The van der Waals surface area contributed by atoms with Crippen LogP contribution >= 0.6 is 0 Å². The average molecular weight is 535 g/mol. The van der Waals surface area contributed by atoms with Crippen molar-refractivity contribution in [1.29, 1.82) is 0 Å². The van der Waals surface area contributed by atoms with Crippen molar-refractivity contribution in [1.82, 2.24) is 15.0 Å². The smallest absolute Gasteiger partial charge is 0.230 e. The Labute approximate surface area is 232 Å². The normalized spacial score (nSPS) is 11.0. The second kappa shape index (κ2) is 14.7. The zero-order valence-corrected chi connectivity index (χ0v) is 24.5. The largest absolute Gasteiger partial charge is 0.310 e. The van der Waals surface area contributed by atoms with E-state index >= 15 is 0 Å². The Morgan fingerprint density at radius 3 is 0.846 bits per heavy atom. The minimum atomic E-state index is -0.377. The van der Waals surface area contributed by atoms with Crippen molar-refractivity contribution < 1.29 is 14.4 Å². The zero-order valence-electron chi connectivity index (χ0n) is 24.5. The van der Waals surface area contributed by atoms with Crippen LogP contribution in [0.25, 0.3) is 0 Å². The van der Waals surface area contributed by atoms with Gasteiger partial charge in [-0.15, -0.1) is 0 Å². The number of aromatic nitrogens is 3. The predicted molar refractivity (Wildman–Crippen MR) is 157 cm³/mol. The lowest BCUT2D eigenvalue weighted by atomic mass is 9.96. The Morgan fingerprint density at radius 2 is 0.692 bits per heavy atom. The third-order valence-corrected chi connectivity index (χ3v) is 4.76. The molecule has 0 unspecified atom stereocenters. The summed E-state index contributed by atoms with van der Waals surface area (Å²) in [5, 5.41) is 8.20. The number of nitrogens with zero attached hydrogens (tertiary/aromatic N) is 3. The standard InChI is InChI=1S/3C10H14N2O/c3*1-10(2,3)9(13)12-8-6-4-5-7-11-8/h3*4-7H,1-3H3,(H,11,12,13). The molecule has 0 aliphatic heterocycles. The van der Waals surface area contributed by atoms with Crippen molar-refractivity contribution in [2.75, 3.05) is 16.0 Å². The average Bonchev–Trinajstić information content (AvgIpc) is 2.85. The Hall–Kier alpha value is -4.14. The fourth-order valence-corrected chi connectivity index (χ4v) is 2.22. The van der Waals surface area contributed by atoms with E-state index in [4.69, 9.17) is 0 Å². The first kappa shape index (κ1) is 32.9. The molecule has 0 radical (unpaired) electrons. The molecule has 210 valence electrons. The Morgan fingerprint density at radius 1 is 0.462 bits per heavy atom. The number of hydrogen-bond donors (Lipinski definition) is 3. The van der Waals surface area contributed by atoms with Crippen LogP contribution in [0.1, 0.15) is 62.3 Å². The first-order chi connectivity index (χ1) is 18.0. The monoisotopic (exact) mass is 534 g/mol. The van der Waals surface area contributed by atoms with E-state index in [0.29, 0.717) is 17.5 Å². The summed E-state index contributed by atoms with van der Waals surface area (Å²) in [5.41, 5.74) is -1.13. The molecule has 0 spiro atoms. The maximum absolute atomic E-state index is 11.5. The van der Waals surface area contributed by atoms with Crippen LogP contribution in [0.4, 0.5) is 17.5 Å². The zero-order chi connectivity index (χ0) is 29.7. The van der Waals surface area contributed by atoms with E-state index in [9.17, 15) is 14.4 Å². The Balaban J connectivity index is 0.000000292. The number of rotatable bonds is 3. The molecule has 0 aliphatic rings. The molecule has 0 saturated heterocycles. The van der Waals surface area contributed by atoms with Gasteiger partial charge in [0.1, 0.15) is 17.5 Å². The summed E-state index contributed by atoms with van der Waals surface area (Å²) in [6, 6.07) is 16.3. The molecule has 39 heavy (non-hydrogen) atoms. The number of nitrogens with one attached hydrogen (secondary N) is 3. The van der Waals surface area contributed by atoms with Gasteiger partial charge in [0.2, 0.25) is 17.7 Å². The molecular weight excluding hydrogens is 492 g/mol. The van der Waals surface area contributed by atoms with Gasteiger partial charge in [0.05, 0.1) is 0 Å². The molecule has 3 aromatic heterocycles. The molecule has 0 atom stereocenters. The predicted octanol–water partition coefficient (Wildman–Crippen LogP) is 6.20. The number of pyridine rings is 3. The van der Waals surface area contributed by atoms with Crippen LogP contribution in [0, 0.1) is 16.2 Å². The molecule has 3 amide bonds. The number of carbonyl (C=O) groups excluding carboxylic acids is 3. The molecule has 0 saturated carbocycles. The van der Waals surface area contributed by atoms with Gasteiger partial charge < -0.3 is 16.0 Å². The summed E-state index contributed by atoms with van der Waals surface area (Å²) >= 11 is 0. The fourth-order valence-electron chi connectivity index (χ4n) is 2.22. The molecule has 0 aromatic carbocycles. The van der Waals surface area contributed by atoms with Gasteiger partial charge in [0.15, 0.2) is 0 Å². The van der Waals surface area contributed by atoms with Crippen LogP contribution in [0.2, 0.25) is 0 Å². The molecule has 0 aliphatic carbocycles. The van der Waals surface area contributed by atoms with Crippen LogP contribution in [-0.2, 0) is 14.4 Å². The van der Waals surface area contributed by atoms with E-state index in [1.807, 2.05) is 98.7 Å². The maximum Gasteiger partial charge on any atom is 0.230 e. The minimum Gasteiger partial charge on any atom is -0.310 e. The van der Waals surface area contributed by atoms with Gasteiger partial charge in [-0.2, -0.15) is 0 Å². The van der Waals surface area contributed by atoms with Gasteiger partial charge in [0, 0.05) is 34.8 Å². The van der Waals surface area contributed by atoms with Crippen LogP contribution in [0.5, 0.6) is 0 Å². The highest BCUT2D eigenvalue weighted by molar-refractivity contribution is 5.94. The van der Waals surface area contributed by atoms with Crippen molar-refractivity contribution in [3.8, 4) is 0 Å². The second-order valence-corrected chi connectivity index (χ2v) is 11.8.